The topological polar surface area (TPSA) is 75.7 Å². The van der Waals surface area contributed by atoms with E-state index in [1.165, 1.54) is 29.5 Å². The number of benzene rings is 2. The van der Waals surface area contributed by atoms with Gasteiger partial charge in [0.25, 0.3) is 5.91 Å². The Morgan fingerprint density at radius 3 is 2.66 bits per heavy atom. The van der Waals surface area contributed by atoms with Crippen molar-refractivity contribution in [1.29, 1.82) is 0 Å². The van der Waals surface area contributed by atoms with E-state index in [1.807, 2.05) is 12.1 Å². The second-order valence-corrected chi connectivity index (χ2v) is 15.7. The molecule has 5 atom stereocenters. The molecule has 0 radical (unpaired) electrons. The first kappa shape index (κ1) is 28.3. The molecule has 6 rings (SSSR count). The van der Waals surface area contributed by atoms with Crippen molar-refractivity contribution < 1.29 is 17.9 Å². The van der Waals surface area contributed by atoms with Crippen molar-refractivity contribution >= 4 is 21.6 Å². The van der Waals surface area contributed by atoms with Crippen LogP contribution in [0.3, 0.4) is 0 Å². The number of carbonyl (C=O) groups excluding carboxylic acids is 1. The van der Waals surface area contributed by atoms with E-state index in [0.717, 1.165) is 43.8 Å². The molecule has 2 aromatic rings. The molecule has 2 aliphatic heterocycles. The molecule has 2 aliphatic carbocycles. The second-order valence-electron chi connectivity index (χ2n) is 13.6. The molecule has 220 valence electrons. The smallest absolute Gasteiger partial charge is 0.264 e. The number of nitrogens with zero attached hydrogens (tertiary/aromatic N) is 1. The van der Waals surface area contributed by atoms with Gasteiger partial charge in [0.15, 0.2) is 0 Å². The highest BCUT2D eigenvalue weighted by Gasteiger charge is 2.48. The minimum absolute atomic E-state index is 0.128. The van der Waals surface area contributed by atoms with E-state index in [-0.39, 0.29) is 10.8 Å². The van der Waals surface area contributed by atoms with Crippen molar-refractivity contribution in [3.8, 4) is 5.75 Å². The number of rotatable bonds is 0. The van der Waals surface area contributed by atoms with Crippen LogP contribution in [0.25, 0.3) is 0 Å². The predicted molar refractivity (Wildman–Crippen MR) is 164 cm³/mol. The number of allylic oxidation sites excluding steroid dienone is 2. The monoisotopic (exact) mass is 576 g/mol. The first-order valence-electron chi connectivity index (χ1n) is 15.3. The zero-order chi connectivity index (χ0) is 29.0. The Hall–Kier alpha value is -2.80. The van der Waals surface area contributed by atoms with Crippen molar-refractivity contribution in [2.45, 2.75) is 83.3 Å². The predicted octanol–water partition coefficient (Wildman–Crippen LogP) is 6.32. The molecular formula is C34H44N2O4S. The number of carbonyl (C=O) groups is 1. The maximum Gasteiger partial charge on any atom is 0.264 e. The Balaban J connectivity index is 1.45. The minimum atomic E-state index is -3.80. The summed E-state index contributed by atoms with van der Waals surface area (Å²) in [7, 11) is -3.80. The standard InChI is InChI=1S/C34H44N2O4S/c1-23-11-13-29-26(18-23)10-7-16-34(29)21-36-20-33(4)17-15-28(33)24(2)8-5-6-9-25(3)41(38,39)35-32(37)27-12-14-31(40-22-34)30(36)19-27/h5,8,11-14,18-19,24-25,28H,6-7,9-10,15-17,20-22H2,1-4H3,(H,35,37)/b8-5+/t24-,25+,28-,33?,34-/m0/s1. The number of amides is 1. The SMILES string of the molecule is Cc1ccc2c(c1)CCC[C@]21COc2ccc3cc2N(CC2(C)CC[C@H]2[C@@H](C)/C=C/CC[C@@H](C)S(=O)(=O)NC3=O)C1. The van der Waals surface area contributed by atoms with Gasteiger partial charge in [0.2, 0.25) is 10.0 Å². The van der Waals surface area contributed by atoms with Crippen LogP contribution < -0.4 is 14.4 Å². The van der Waals surface area contributed by atoms with Crippen LogP contribution in [-0.4, -0.2) is 39.3 Å². The van der Waals surface area contributed by atoms with Gasteiger partial charge in [-0.15, -0.1) is 0 Å². The van der Waals surface area contributed by atoms with Gasteiger partial charge >= 0.3 is 0 Å². The van der Waals surface area contributed by atoms with E-state index in [0.29, 0.717) is 36.8 Å². The third-order valence-corrected chi connectivity index (χ3v) is 12.3. The molecule has 2 heterocycles. The molecule has 6 nitrogen and oxygen atoms in total. The van der Waals surface area contributed by atoms with Crippen LogP contribution in [0.4, 0.5) is 5.69 Å². The fourth-order valence-electron chi connectivity index (χ4n) is 7.95. The molecule has 2 bridgehead atoms. The summed E-state index contributed by atoms with van der Waals surface area (Å²) in [5.74, 6) is 1.14. The highest BCUT2D eigenvalue weighted by Crippen LogP contribution is 2.53. The zero-order valence-corrected chi connectivity index (χ0v) is 25.7. The molecule has 1 fully saturated rings. The van der Waals surface area contributed by atoms with Gasteiger partial charge in [-0.05, 0) is 105 Å². The van der Waals surface area contributed by atoms with Crippen LogP contribution >= 0.6 is 0 Å². The minimum Gasteiger partial charge on any atom is -0.490 e. The van der Waals surface area contributed by atoms with Gasteiger partial charge in [-0.1, -0.05) is 49.8 Å². The maximum absolute atomic E-state index is 13.3. The summed E-state index contributed by atoms with van der Waals surface area (Å²) >= 11 is 0. The molecule has 1 unspecified atom stereocenters. The van der Waals surface area contributed by atoms with E-state index in [1.54, 1.807) is 13.0 Å². The van der Waals surface area contributed by atoms with Gasteiger partial charge in [0.05, 0.1) is 17.5 Å². The zero-order valence-electron chi connectivity index (χ0n) is 24.9. The van der Waals surface area contributed by atoms with Crippen LogP contribution in [0.1, 0.15) is 86.3 Å². The molecule has 0 saturated heterocycles. The Morgan fingerprint density at radius 1 is 1.05 bits per heavy atom. The quantitative estimate of drug-likeness (QED) is 0.372. The molecule has 1 amide bonds. The first-order chi connectivity index (χ1) is 19.5. The molecular weight excluding hydrogens is 532 g/mol. The van der Waals surface area contributed by atoms with Crippen LogP contribution in [0.5, 0.6) is 5.75 Å². The lowest BCUT2D eigenvalue weighted by molar-refractivity contribution is 0.0288. The Kier molecular flexibility index (Phi) is 7.24. The molecule has 7 heteroatoms. The Morgan fingerprint density at radius 2 is 1.88 bits per heavy atom. The van der Waals surface area contributed by atoms with Gasteiger partial charge in [-0.2, -0.15) is 0 Å². The molecule has 0 aromatic heterocycles. The van der Waals surface area contributed by atoms with Crippen LogP contribution in [-0.2, 0) is 21.9 Å². The van der Waals surface area contributed by atoms with Crippen LogP contribution in [0.2, 0.25) is 0 Å². The van der Waals surface area contributed by atoms with Crippen molar-refractivity contribution in [1.82, 2.24) is 4.72 Å². The third-order valence-electron chi connectivity index (χ3n) is 10.5. The van der Waals surface area contributed by atoms with E-state index in [9.17, 15) is 13.2 Å². The number of fused-ring (bicyclic) bond motifs is 4. The third kappa shape index (κ3) is 5.19. The number of nitrogens with one attached hydrogen (secondary N) is 1. The van der Waals surface area contributed by atoms with E-state index < -0.39 is 21.2 Å². The number of aryl methyl sites for hydroxylation is 2. The molecule has 41 heavy (non-hydrogen) atoms. The summed E-state index contributed by atoms with van der Waals surface area (Å²) in [4.78, 5) is 15.8. The Labute approximate surface area is 245 Å². The summed E-state index contributed by atoms with van der Waals surface area (Å²) in [6, 6.07) is 12.3. The highest BCUT2D eigenvalue weighted by molar-refractivity contribution is 7.90. The number of hydrogen-bond donors (Lipinski definition) is 1. The average Bonchev–Trinajstić information content (AvgIpc) is 3.06. The highest BCUT2D eigenvalue weighted by atomic mass is 32.2. The van der Waals surface area contributed by atoms with Crippen molar-refractivity contribution in [3.05, 3.63) is 70.8 Å². The van der Waals surface area contributed by atoms with Gasteiger partial charge in [0, 0.05) is 24.1 Å². The van der Waals surface area contributed by atoms with Gasteiger partial charge in [-0.3, -0.25) is 4.79 Å². The summed E-state index contributed by atoms with van der Waals surface area (Å²) in [5.41, 5.74) is 5.31. The normalized spacial score (nSPS) is 33.8. The van der Waals surface area contributed by atoms with Crippen LogP contribution in [0.15, 0.2) is 48.6 Å². The fourth-order valence-corrected chi connectivity index (χ4v) is 8.97. The second kappa shape index (κ2) is 10.5. The Bertz CT molecular complexity index is 1480. The maximum atomic E-state index is 13.3. The molecule has 4 aliphatic rings. The first-order valence-corrected chi connectivity index (χ1v) is 16.9. The number of anilines is 1. The van der Waals surface area contributed by atoms with E-state index >= 15 is 0 Å². The van der Waals surface area contributed by atoms with Gasteiger partial charge in [-0.25, -0.2) is 13.1 Å². The van der Waals surface area contributed by atoms with Crippen LogP contribution in [0, 0.1) is 24.2 Å². The number of ether oxygens (including phenoxy) is 1. The number of hydrogen-bond acceptors (Lipinski definition) is 5. The molecule has 1 N–H and O–H groups in total. The lowest BCUT2D eigenvalue weighted by Gasteiger charge is -2.53. The van der Waals surface area contributed by atoms with Gasteiger partial charge < -0.3 is 9.64 Å². The summed E-state index contributed by atoms with van der Waals surface area (Å²) in [6.45, 7) is 10.8. The molecule has 1 saturated carbocycles. The molecule has 1 spiro atoms. The van der Waals surface area contributed by atoms with Crippen molar-refractivity contribution in [2.24, 2.45) is 17.3 Å². The van der Waals surface area contributed by atoms with Crippen molar-refractivity contribution in [2.75, 3.05) is 24.6 Å². The van der Waals surface area contributed by atoms with Crippen molar-refractivity contribution in [3.63, 3.8) is 0 Å². The number of sulfonamides is 1. The largest absolute Gasteiger partial charge is 0.490 e. The fraction of sp³-hybridized carbons (Fsp3) is 0.559. The average molecular weight is 577 g/mol. The lowest BCUT2D eigenvalue weighted by atomic mass is 9.56. The lowest BCUT2D eigenvalue weighted by Crippen LogP contribution is -2.53. The summed E-state index contributed by atoms with van der Waals surface area (Å²) in [6.07, 6.45) is 11.2. The summed E-state index contributed by atoms with van der Waals surface area (Å²) < 4.78 is 35.0. The molecule has 2 aromatic carbocycles. The van der Waals surface area contributed by atoms with E-state index in [4.69, 9.17) is 4.74 Å². The van der Waals surface area contributed by atoms with Gasteiger partial charge in [0.1, 0.15) is 5.75 Å². The van der Waals surface area contributed by atoms with E-state index in [2.05, 4.69) is 60.7 Å². The summed E-state index contributed by atoms with van der Waals surface area (Å²) in [5, 5.41) is -0.663.